The normalized spacial score (nSPS) is 24.8. The number of hydrogen-bond donors (Lipinski definition) is 2. The zero-order valence-corrected chi connectivity index (χ0v) is 13.3. The third kappa shape index (κ3) is 5.37. The summed E-state index contributed by atoms with van der Waals surface area (Å²) >= 11 is 0. The highest BCUT2D eigenvalue weighted by molar-refractivity contribution is 5.89. The molecule has 2 heterocycles. The minimum atomic E-state index is -4.40. The van der Waals surface area contributed by atoms with Crippen LogP contribution in [-0.4, -0.2) is 55.1 Å². The van der Waals surface area contributed by atoms with Gasteiger partial charge in [-0.25, -0.2) is 0 Å². The topological polar surface area (TPSA) is 61.4 Å². The fourth-order valence-corrected chi connectivity index (χ4v) is 3.37. The van der Waals surface area contributed by atoms with E-state index in [4.69, 9.17) is 0 Å². The molecule has 0 aromatic rings. The first kappa shape index (κ1) is 18.0. The number of hydrogen-bond acceptors (Lipinski definition) is 3. The monoisotopic (exact) mass is 335 g/mol. The van der Waals surface area contributed by atoms with E-state index in [1.165, 1.54) is 0 Å². The lowest BCUT2D eigenvalue weighted by atomic mass is 9.84. The molecule has 0 bridgehead atoms. The lowest BCUT2D eigenvalue weighted by molar-refractivity contribution is -0.158. The van der Waals surface area contributed by atoms with E-state index in [9.17, 15) is 22.8 Å². The number of alkyl halides is 3. The van der Waals surface area contributed by atoms with Crippen LogP contribution in [0.5, 0.6) is 0 Å². The van der Waals surface area contributed by atoms with Crippen molar-refractivity contribution in [3.8, 4) is 0 Å². The summed E-state index contributed by atoms with van der Waals surface area (Å²) in [5, 5.41) is 5.87. The number of carbonyl (C=O) groups excluding carboxylic acids is 2. The van der Waals surface area contributed by atoms with Gasteiger partial charge in [0, 0.05) is 13.0 Å². The van der Waals surface area contributed by atoms with Gasteiger partial charge < -0.3 is 15.5 Å². The average molecular weight is 335 g/mol. The smallest absolute Gasteiger partial charge is 0.344 e. The summed E-state index contributed by atoms with van der Waals surface area (Å²) in [5.41, 5.74) is 0. The fraction of sp³-hybridized carbons (Fsp3) is 0.867. The molecule has 8 heteroatoms. The van der Waals surface area contributed by atoms with E-state index >= 15 is 0 Å². The fourth-order valence-electron chi connectivity index (χ4n) is 3.37. The summed E-state index contributed by atoms with van der Waals surface area (Å²) in [6, 6.07) is -0.815. The van der Waals surface area contributed by atoms with Crippen molar-refractivity contribution in [3.05, 3.63) is 0 Å². The minimum absolute atomic E-state index is 0.0349. The summed E-state index contributed by atoms with van der Waals surface area (Å²) in [6.07, 6.45) is -1.81. The molecular formula is C15H24F3N3O2. The van der Waals surface area contributed by atoms with E-state index in [-0.39, 0.29) is 24.8 Å². The molecular weight excluding hydrogens is 311 g/mol. The number of halogens is 3. The van der Waals surface area contributed by atoms with Crippen LogP contribution in [0.3, 0.4) is 0 Å². The van der Waals surface area contributed by atoms with Gasteiger partial charge in [-0.05, 0) is 44.2 Å². The van der Waals surface area contributed by atoms with Gasteiger partial charge in [0.05, 0.1) is 0 Å². The van der Waals surface area contributed by atoms with E-state index < -0.39 is 24.7 Å². The molecule has 0 radical (unpaired) electrons. The van der Waals surface area contributed by atoms with Gasteiger partial charge in [0.2, 0.25) is 11.8 Å². The molecule has 2 amide bonds. The summed E-state index contributed by atoms with van der Waals surface area (Å²) in [7, 11) is 0. The third-order valence-electron chi connectivity index (χ3n) is 4.70. The third-order valence-corrected chi connectivity index (χ3v) is 4.70. The van der Waals surface area contributed by atoms with E-state index in [2.05, 4.69) is 10.6 Å². The van der Waals surface area contributed by atoms with Crippen LogP contribution in [0.15, 0.2) is 0 Å². The van der Waals surface area contributed by atoms with Gasteiger partial charge in [-0.3, -0.25) is 9.59 Å². The number of amides is 2. The maximum Gasteiger partial charge on any atom is 0.406 e. The van der Waals surface area contributed by atoms with Crippen LogP contribution in [0.1, 0.15) is 32.6 Å². The number of piperidine rings is 1. The Hall–Kier alpha value is -1.31. The molecule has 132 valence electrons. The Morgan fingerprint density at radius 3 is 2.61 bits per heavy atom. The number of carbonyl (C=O) groups is 2. The van der Waals surface area contributed by atoms with Gasteiger partial charge in [-0.15, -0.1) is 0 Å². The largest absolute Gasteiger partial charge is 0.406 e. The van der Waals surface area contributed by atoms with Crippen LogP contribution in [-0.2, 0) is 9.59 Å². The van der Waals surface area contributed by atoms with E-state index in [1.54, 1.807) is 0 Å². The Bertz CT molecular complexity index is 436. The Balaban J connectivity index is 1.78. The molecule has 2 aliphatic heterocycles. The van der Waals surface area contributed by atoms with Crippen LogP contribution in [0.2, 0.25) is 0 Å². The van der Waals surface area contributed by atoms with Crippen molar-refractivity contribution in [2.45, 2.75) is 44.8 Å². The lowest BCUT2D eigenvalue weighted by Crippen LogP contribution is -2.44. The molecule has 5 nitrogen and oxygen atoms in total. The molecule has 0 aliphatic carbocycles. The molecule has 23 heavy (non-hydrogen) atoms. The van der Waals surface area contributed by atoms with Gasteiger partial charge in [-0.2, -0.15) is 13.2 Å². The molecule has 0 spiro atoms. The second kappa shape index (κ2) is 7.51. The van der Waals surface area contributed by atoms with E-state index in [0.717, 1.165) is 30.8 Å². The molecule has 2 aliphatic rings. The molecule has 0 aromatic carbocycles. The first-order valence-electron chi connectivity index (χ1n) is 8.12. The number of rotatable bonds is 5. The standard InChI is InChI=1S/C15H24F3N3O2/c1-10(11-2-5-19-6-3-11)8-13(22)20-12-4-7-21(14(12)23)9-15(16,17)18/h10-12,19H,2-9H2,1H3,(H,20,22). The van der Waals surface area contributed by atoms with Crippen molar-refractivity contribution in [2.24, 2.45) is 11.8 Å². The van der Waals surface area contributed by atoms with Crippen molar-refractivity contribution >= 4 is 11.8 Å². The van der Waals surface area contributed by atoms with Crippen molar-refractivity contribution in [3.63, 3.8) is 0 Å². The summed E-state index contributed by atoms with van der Waals surface area (Å²) < 4.78 is 37.1. The second-order valence-electron chi connectivity index (χ2n) is 6.55. The SMILES string of the molecule is CC(CC(=O)NC1CCN(CC(F)(F)F)C1=O)C1CCNCC1. The maximum absolute atomic E-state index is 12.4. The molecule has 2 unspecified atom stereocenters. The van der Waals surface area contributed by atoms with Crippen molar-refractivity contribution < 1.29 is 22.8 Å². The molecule has 2 saturated heterocycles. The number of nitrogens with zero attached hydrogens (tertiary/aromatic N) is 1. The van der Waals surface area contributed by atoms with E-state index in [1.807, 2.05) is 6.92 Å². The van der Waals surface area contributed by atoms with Crippen molar-refractivity contribution in [1.82, 2.24) is 15.5 Å². The number of likely N-dealkylation sites (tertiary alicyclic amines) is 1. The molecule has 2 fully saturated rings. The molecule has 2 atom stereocenters. The Morgan fingerprint density at radius 2 is 2.00 bits per heavy atom. The predicted molar refractivity (Wildman–Crippen MR) is 78.6 cm³/mol. The Morgan fingerprint density at radius 1 is 1.35 bits per heavy atom. The average Bonchev–Trinajstić information content (AvgIpc) is 2.79. The highest BCUT2D eigenvalue weighted by Crippen LogP contribution is 2.25. The van der Waals surface area contributed by atoms with Crippen LogP contribution in [0, 0.1) is 11.8 Å². The lowest BCUT2D eigenvalue weighted by Gasteiger charge is -2.28. The van der Waals surface area contributed by atoms with Crippen molar-refractivity contribution in [2.75, 3.05) is 26.2 Å². The van der Waals surface area contributed by atoms with Crippen LogP contribution < -0.4 is 10.6 Å². The van der Waals surface area contributed by atoms with Gasteiger partial charge >= 0.3 is 6.18 Å². The second-order valence-corrected chi connectivity index (χ2v) is 6.55. The Kier molecular flexibility index (Phi) is 5.89. The van der Waals surface area contributed by atoms with Gasteiger partial charge in [0.15, 0.2) is 0 Å². The molecule has 0 aromatic heterocycles. The Labute approximate surface area is 134 Å². The molecule has 2 rings (SSSR count). The number of nitrogens with one attached hydrogen (secondary N) is 2. The van der Waals surface area contributed by atoms with E-state index in [0.29, 0.717) is 12.3 Å². The quantitative estimate of drug-likeness (QED) is 0.796. The summed E-state index contributed by atoms with van der Waals surface area (Å²) in [5.74, 6) is -0.198. The molecule has 0 saturated carbocycles. The zero-order valence-electron chi connectivity index (χ0n) is 13.3. The summed E-state index contributed by atoms with van der Waals surface area (Å²) in [6.45, 7) is 2.70. The van der Waals surface area contributed by atoms with Crippen molar-refractivity contribution in [1.29, 1.82) is 0 Å². The highest BCUT2D eigenvalue weighted by atomic mass is 19.4. The molecule has 2 N–H and O–H groups in total. The van der Waals surface area contributed by atoms with Gasteiger partial charge in [0.25, 0.3) is 0 Å². The summed E-state index contributed by atoms with van der Waals surface area (Å²) in [4.78, 5) is 24.7. The van der Waals surface area contributed by atoms with Gasteiger partial charge in [-0.1, -0.05) is 6.92 Å². The van der Waals surface area contributed by atoms with Crippen LogP contribution >= 0.6 is 0 Å². The van der Waals surface area contributed by atoms with Gasteiger partial charge in [0.1, 0.15) is 12.6 Å². The maximum atomic E-state index is 12.4. The first-order chi connectivity index (χ1) is 10.8. The first-order valence-corrected chi connectivity index (χ1v) is 8.12. The van der Waals surface area contributed by atoms with Crippen LogP contribution in [0.25, 0.3) is 0 Å². The minimum Gasteiger partial charge on any atom is -0.344 e. The predicted octanol–water partition coefficient (Wildman–Crippen LogP) is 1.29. The zero-order chi connectivity index (χ0) is 17.0. The van der Waals surface area contributed by atoms with Crippen LogP contribution in [0.4, 0.5) is 13.2 Å². The highest BCUT2D eigenvalue weighted by Gasteiger charge is 2.39.